The number of hydrogen-bond donors (Lipinski definition) is 1. The highest BCUT2D eigenvalue weighted by molar-refractivity contribution is 5.86. The third-order valence-electron chi connectivity index (χ3n) is 6.04. The van der Waals surface area contributed by atoms with Crippen LogP contribution in [0, 0.1) is 0 Å². The summed E-state index contributed by atoms with van der Waals surface area (Å²) in [7, 11) is 0. The van der Waals surface area contributed by atoms with Gasteiger partial charge in [0.25, 0.3) is 5.91 Å². The average Bonchev–Trinajstić information content (AvgIpc) is 3.29. The first-order valence-electron chi connectivity index (χ1n) is 11.2. The first-order chi connectivity index (χ1) is 16.1. The van der Waals surface area contributed by atoms with Crippen LogP contribution in [-0.2, 0) is 14.3 Å². The largest absolute Gasteiger partial charge is 0.477 e. The molecule has 33 heavy (non-hydrogen) atoms. The van der Waals surface area contributed by atoms with E-state index >= 15 is 0 Å². The lowest BCUT2D eigenvalue weighted by atomic mass is 10.1. The van der Waals surface area contributed by atoms with Crippen LogP contribution in [0.15, 0.2) is 59.0 Å². The molecular formula is C25H27N3O5. The summed E-state index contributed by atoms with van der Waals surface area (Å²) in [6, 6.07) is 16.9. The normalized spacial score (nSPS) is 19.0. The smallest absolute Gasteiger partial charge is 0.265 e. The predicted octanol–water partition coefficient (Wildman–Crippen LogP) is 2.74. The number of nitrogens with one attached hydrogen (secondary N) is 1. The maximum absolute atomic E-state index is 13.0. The minimum Gasteiger partial charge on any atom is -0.477 e. The molecular weight excluding hydrogens is 422 g/mol. The molecule has 1 aromatic heterocycles. The van der Waals surface area contributed by atoms with E-state index in [2.05, 4.69) is 5.32 Å². The zero-order valence-corrected chi connectivity index (χ0v) is 18.5. The molecule has 2 amide bonds. The van der Waals surface area contributed by atoms with Crippen molar-refractivity contribution in [1.82, 2.24) is 10.2 Å². The number of carbonyl (C=O) groups excluding carboxylic acids is 2. The van der Waals surface area contributed by atoms with Crippen LogP contribution < -0.4 is 15.0 Å². The second kappa shape index (κ2) is 9.15. The van der Waals surface area contributed by atoms with Gasteiger partial charge in [-0.1, -0.05) is 30.3 Å². The molecule has 3 heterocycles. The fourth-order valence-corrected chi connectivity index (χ4v) is 4.32. The van der Waals surface area contributed by atoms with Crippen molar-refractivity contribution < 1.29 is 23.5 Å². The number of fused-ring (bicyclic) bond motifs is 2. The molecule has 3 aromatic rings. The molecule has 1 fully saturated rings. The predicted molar refractivity (Wildman–Crippen MR) is 123 cm³/mol. The van der Waals surface area contributed by atoms with Gasteiger partial charge in [-0.05, 0) is 31.2 Å². The minimum atomic E-state index is -0.668. The maximum Gasteiger partial charge on any atom is 0.265 e. The van der Waals surface area contributed by atoms with Gasteiger partial charge in [0.15, 0.2) is 6.10 Å². The van der Waals surface area contributed by atoms with Crippen molar-refractivity contribution in [2.75, 3.05) is 44.3 Å². The Labute approximate surface area is 192 Å². The van der Waals surface area contributed by atoms with Crippen molar-refractivity contribution >= 4 is 28.5 Å². The Morgan fingerprint density at radius 2 is 1.85 bits per heavy atom. The van der Waals surface area contributed by atoms with E-state index in [9.17, 15) is 9.59 Å². The summed E-state index contributed by atoms with van der Waals surface area (Å²) < 4.78 is 17.3. The molecule has 2 aromatic carbocycles. The third-order valence-corrected chi connectivity index (χ3v) is 6.04. The summed E-state index contributed by atoms with van der Waals surface area (Å²) in [5.41, 5.74) is 1.59. The number of rotatable bonds is 5. The lowest BCUT2D eigenvalue weighted by Crippen LogP contribution is -2.54. The second-order valence-corrected chi connectivity index (χ2v) is 8.37. The van der Waals surface area contributed by atoms with Gasteiger partial charge in [0.05, 0.1) is 38.0 Å². The number of carbonyl (C=O) groups is 2. The van der Waals surface area contributed by atoms with E-state index in [-0.39, 0.29) is 24.4 Å². The van der Waals surface area contributed by atoms with Gasteiger partial charge >= 0.3 is 0 Å². The van der Waals surface area contributed by atoms with E-state index < -0.39 is 6.10 Å². The zero-order chi connectivity index (χ0) is 22.8. The summed E-state index contributed by atoms with van der Waals surface area (Å²) in [6.45, 7) is 4.47. The van der Waals surface area contributed by atoms with Crippen LogP contribution in [0.2, 0.25) is 0 Å². The molecule has 5 rings (SSSR count). The lowest BCUT2D eigenvalue weighted by molar-refractivity contribution is -0.142. The van der Waals surface area contributed by atoms with Crippen molar-refractivity contribution in [2.45, 2.75) is 19.1 Å². The first-order valence-corrected chi connectivity index (χ1v) is 11.2. The highest BCUT2D eigenvalue weighted by atomic mass is 16.5. The zero-order valence-electron chi connectivity index (χ0n) is 18.5. The van der Waals surface area contributed by atoms with Crippen molar-refractivity contribution in [2.24, 2.45) is 0 Å². The van der Waals surface area contributed by atoms with Crippen molar-refractivity contribution in [1.29, 1.82) is 0 Å². The standard InChI is InChI=1S/C25H27N3O5/c1-17(22-14-18-6-2-4-8-20(18)32-22)26-24(29)16-28-15-23(25(30)27-10-12-31-13-11-27)33-21-9-5-3-7-19(21)28/h2-9,14,17,23H,10-13,15-16H2,1H3,(H,26,29). The first kappa shape index (κ1) is 21.3. The van der Waals surface area contributed by atoms with Gasteiger partial charge in [0.2, 0.25) is 5.91 Å². The Balaban J connectivity index is 1.28. The van der Waals surface area contributed by atoms with Gasteiger partial charge in [0.1, 0.15) is 17.1 Å². The number of benzene rings is 2. The number of amides is 2. The number of furan rings is 1. The molecule has 2 aliphatic rings. The Morgan fingerprint density at radius 3 is 2.67 bits per heavy atom. The third kappa shape index (κ3) is 4.52. The van der Waals surface area contributed by atoms with Crippen LogP contribution in [0.5, 0.6) is 5.75 Å². The van der Waals surface area contributed by atoms with Crippen LogP contribution in [0.4, 0.5) is 5.69 Å². The van der Waals surface area contributed by atoms with E-state index in [4.69, 9.17) is 13.9 Å². The highest BCUT2D eigenvalue weighted by Gasteiger charge is 2.34. The van der Waals surface area contributed by atoms with Gasteiger partial charge in [0, 0.05) is 18.5 Å². The van der Waals surface area contributed by atoms with Crippen molar-refractivity contribution in [3.8, 4) is 5.75 Å². The van der Waals surface area contributed by atoms with Crippen molar-refractivity contribution in [3.63, 3.8) is 0 Å². The van der Waals surface area contributed by atoms with Crippen LogP contribution >= 0.6 is 0 Å². The summed E-state index contributed by atoms with van der Waals surface area (Å²) in [5, 5.41) is 4.02. The van der Waals surface area contributed by atoms with Gasteiger partial charge < -0.3 is 29.0 Å². The highest BCUT2D eigenvalue weighted by Crippen LogP contribution is 2.33. The number of hydrogen-bond acceptors (Lipinski definition) is 6. The molecule has 2 aliphatic heterocycles. The summed E-state index contributed by atoms with van der Waals surface area (Å²) in [6.07, 6.45) is -0.668. The molecule has 1 saturated heterocycles. The second-order valence-electron chi connectivity index (χ2n) is 8.37. The SMILES string of the molecule is CC(NC(=O)CN1CC(C(=O)N2CCOCC2)Oc2ccccc21)c1cc2ccccc2o1. The molecule has 0 spiro atoms. The van der Waals surface area contributed by atoms with E-state index in [0.29, 0.717) is 44.4 Å². The summed E-state index contributed by atoms with van der Waals surface area (Å²) in [5.74, 6) is 1.08. The summed E-state index contributed by atoms with van der Waals surface area (Å²) in [4.78, 5) is 29.7. The quantitative estimate of drug-likeness (QED) is 0.645. The Morgan fingerprint density at radius 1 is 1.09 bits per heavy atom. The van der Waals surface area contributed by atoms with Crippen LogP contribution in [0.3, 0.4) is 0 Å². The van der Waals surface area contributed by atoms with Gasteiger partial charge in [-0.3, -0.25) is 9.59 Å². The fourth-order valence-electron chi connectivity index (χ4n) is 4.32. The molecule has 1 N–H and O–H groups in total. The van der Waals surface area contributed by atoms with Crippen LogP contribution in [0.1, 0.15) is 18.7 Å². The molecule has 8 nitrogen and oxygen atoms in total. The number of para-hydroxylation sites is 3. The molecule has 2 unspecified atom stereocenters. The molecule has 8 heteroatoms. The minimum absolute atomic E-state index is 0.0751. The molecule has 0 saturated carbocycles. The van der Waals surface area contributed by atoms with E-state index in [1.165, 1.54) is 0 Å². The topological polar surface area (TPSA) is 84.3 Å². The van der Waals surface area contributed by atoms with E-state index in [1.807, 2.05) is 66.4 Å². The fraction of sp³-hybridized carbons (Fsp3) is 0.360. The molecule has 0 radical (unpaired) electrons. The van der Waals surface area contributed by atoms with Gasteiger partial charge in [-0.25, -0.2) is 0 Å². The Hall–Kier alpha value is -3.52. The Bertz CT molecular complexity index is 1120. The van der Waals surface area contributed by atoms with E-state index in [0.717, 1.165) is 16.7 Å². The molecule has 2 atom stereocenters. The average molecular weight is 450 g/mol. The Kier molecular flexibility index (Phi) is 5.92. The molecule has 172 valence electrons. The van der Waals surface area contributed by atoms with Crippen molar-refractivity contribution in [3.05, 3.63) is 60.4 Å². The van der Waals surface area contributed by atoms with Gasteiger partial charge in [-0.2, -0.15) is 0 Å². The number of nitrogens with zero attached hydrogens (tertiary/aromatic N) is 2. The van der Waals surface area contributed by atoms with Crippen LogP contribution in [0.25, 0.3) is 11.0 Å². The molecule has 0 bridgehead atoms. The number of morpholine rings is 1. The van der Waals surface area contributed by atoms with Gasteiger partial charge in [-0.15, -0.1) is 0 Å². The summed E-state index contributed by atoms with van der Waals surface area (Å²) >= 11 is 0. The maximum atomic E-state index is 13.0. The number of ether oxygens (including phenoxy) is 2. The monoisotopic (exact) mass is 449 g/mol. The van der Waals surface area contributed by atoms with Crippen LogP contribution in [-0.4, -0.2) is 62.2 Å². The lowest BCUT2D eigenvalue weighted by Gasteiger charge is -2.38. The number of anilines is 1. The van der Waals surface area contributed by atoms with E-state index in [1.54, 1.807) is 4.90 Å². The molecule has 0 aliphatic carbocycles.